The van der Waals surface area contributed by atoms with Crippen LogP contribution < -0.4 is 10.6 Å². The van der Waals surface area contributed by atoms with Crippen molar-refractivity contribution in [1.82, 2.24) is 14.1 Å². The van der Waals surface area contributed by atoms with Crippen LogP contribution in [0.2, 0.25) is 0 Å². The minimum Gasteiger partial charge on any atom is -0.454 e. The van der Waals surface area contributed by atoms with Crippen LogP contribution in [0.3, 0.4) is 0 Å². The number of thiophene rings is 1. The van der Waals surface area contributed by atoms with Crippen molar-refractivity contribution >= 4 is 57.6 Å². The summed E-state index contributed by atoms with van der Waals surface area (Å²) in [5.41, 5.74) is 1.75. The molecule has 0 saturated heterocycles. The molecule has 128 valence electrons. The third kappa shape index (κ3) is 4.37. The molecule has 2 amide bonds. The molecule has 8 nitrogen and oxygen atoms in total. The summed E-state index contributed by atoms with van der Waals surface area (Å²) in [5.74, 6) is -1.56. The van der Waals surface area contributed by atoms with E-state index < -0.39 is 18.5 Å². The lowest BCUT2D eigenvalue weighted by Gasteiger charge is -2.07. The molecular weight excluding hydrogens is 364 g/mol. The zero-order chi connectivity index (χ0) is 17.6. The Balaban J connectivity index is 1.45. The number of benzene rings is 1. The fourth-order valence-electron chi connectivity index (χ4n) is 1.94. The number of carbonyl (C=O) groups is 3. The number of amides is 2. The van der Waals surface area contributed by atoms with Gasteiger partial charge in [-0.25, -0.2) is 0 Å². The van der Waals surface area contributed by atoms with Gasteiger partial charge in [-0.15, -0.1) is 11.3 Å². The van der Waals surface area contributed by atoms with Crippen molar-refractivity contribution in [3.8, 4) is 0 Å². The predicted molar refractivity (Wildman–Crippen MR) is 93.7 cm³/mol. The zero-order valence-electron chi connectivity index (χ0n) is 12.7. The maximum absolute atomic E-state index is 11.9. The van der Waals surface area contributed by atoms with Crippen LogP contribution in [0, 0.1) is 0 Å². The summed E-state index contributed by atoms with van der Waals surface area (Å²) in [7, 11) is 0. The number of hydrogen-bond donors (Lipinski definition) is 2. The molecule has 0 fully saturated rings. The molecule has 0 bridgehead atoms. The summed E-state index contributed by atoms with van der Waals surface area (Å²) in [6.45, 7) is -0.767. The summed E-state index contributed by atoms with van der Waals surface area (Å²) in [4.78, 5) is 35.7. The maximum atomic E-state index is 11.9. The number of anilines is 1. The maximum Gasteiger partial charge on any atom is 0.325 e. The van der Waals surface area contributed by atoms with Gasteiger partial charge in [0.15, 0.2) is 6.61 Å². The first kappa shape index (κ1) is 17.0. The molecule has 0 radical (unpaired) electrons. The minimum atomic E-state index is -0.700. The Morgan fingerprint density at radius 1 is 1.12 bits per heavy atom. The van der Waals surface area contributed by atoms with Crippen LogP contribution in [0.25, 0.3) is 11.0 Å². The Morgan fingerprint density at radius 2 is 2.00 bits per heavy atom. The second-order valence-electron chi connectivity index (χ2n) is 4.81. The molecule has 2 aromatic heterocycles. The molecule has 1 aromatic carbocycles. The summed E-state index contributed by atoms with van der Waals surface area (Å²) >= 11 is 2.31. The van der Waals surface area contributed by atoms with Gasteiger partial charge in [0.2, 0.25) is 0 Å². The van der Waals surface area contributed by atoms with E-state index in [2.05, 4.69) is 19.4 Å². The molecule has 0 aliphatic carbocycles. The lowest BCUT2D eigenvalue weighted by atomic mass is 10.2. The fraction of sp³-hybridized carbons (Fsp3) is 0.133. The fourth-order valence-corrected chi connectivity index (χ4v) is 3.13. The molecule has 25 heavy (non-hydrogen) atoms. The summed E-state index contributed by atoms with van der Waals surface area (Å²) in [5, 5.41) is 6.80. The number of rotatable bonds is 6. The Bertz CT molecular complexity index is 907. The van der Waals surface area contributed by atoms with E-state index in [0.717, 1.165) is 11.7 Å². The van der Waals surface area contributed by atoms with Crippen LogP contribution in [0.1, 0.15) is 9.67 Å². The molecule has 0 saturated carbocycles. The van der Waals surface area contributed by atoms with Gasteiger partial charge in [-0.05, 0) is 23.6 Å². The molecule has 0 unspecified atom stereocenters. The molecule has 0 aliphatic heterocycles. The molecule has 2 N–H and O–H groups in total. The van der Waals surface area contributed by atoms with Crippen molar-refractivity contribution in [2.24, 2.45) is 0 Å². The van der Waals surface area contributed by atoms with Gasteiger partial charge in [-0.1, -0.05) is 12.1 Å². The van der Waals surface area contributed by atoms with Gasteiger partial charge in [0.1, 0.15) is 17.6 Å². The monoisotopic (exact) mass is 376 g/mol. The topological polar surface area (TPSA) is 110 Å². The minimum absolute atomic E-state index is 0.310. The Labute approximate surface area is 150 Å². The average molecular weight is 376 g/mol. The van der Waals surface area contributed by atoms with Crippen molar-refractivity contribution in [3.63, 3.8) is 0 Å². The van der Waals surface area contributed by atoms with Crippen LogP contribution in [0.15, 0.2) is 35.7 Å². The average Bonchev–Trinajstić information content (AvgIpc) is 3.29. The van der Waals surface area contributed by atoms with Crippen molar-refractivity contribution in [1.29, 1.82) is 0 Å². The second-order valence-corrected chi connectivity index (χ2v) is 6.28. The number of esters is 1. The molecule has 3 rings (SSSR count). The molecule has 0 spiro atoms. The number of nitrogens with zero attached hydrogens (tertiary/aromatic N) is 2. The van der Waals surface area contributed by atoms with Crippen molar-refractivity contribution < 1.29 is 19.1 Å². The highest BCUT2D eigenvalue weighted by molar-refractivity contribution is 7.12. The van der Waals surface area contributed by atoms with E-state index in [1.54, 1.807) is 35.7 Å². The summed E-state index contributed by atoms with van der Waals surface area (Å²) < 4.78 is 13.0. The zero-order valence-corrected chi connectivity index (χ0v) is 14.4. The molecule has 2 heterocycles. The van der Waals surface area contributed by atoms with E-state index in [0.29, 0.717) is 21.6 Å². The van der Waals surface area contributed by atoms with E-state index in [9.17, 15) is 14.4 Å². The smallest absolute Gasteiger partial charge is 0.325 e. The quantitative estimate of drug-likeness (QED) is 0.633. The second kappa shape index (κ2) is 7.81. The van der Waals surface area contributed by atoms with E-state index in [-0.39, 0.29) is 12.5 Å². The largest absolute Gasteiger partial charge is 0.454 e. The van der Waals surface area contributed by atoms with E-state index in [1.807, 2.05) is 0 Å². The highest BCUT2D eigenvalue weighted by Gasteiger charge is 2.13. The third-order valence-corrected chi connectivity index (χ3v) is 4.47. The Hall–Kier alpha value is -2.85. The van der Waals surface area contributed by atoms with Crippen molar-refractivity contribution in [3.05, 3.63) is 40.6 Å². The molecule has 0 atom stereocenters. The highest BCUT2D eigenvalue weighted by atomic mass is 32.1. The van der Waals surface area contributed by atoms with E-state index >= 15 is 0 Å². The molecule has 10 heteroatoms. The van der Waals surface area contributed by atoms with Gasteiger partial charge in [-0.2, -0.15) is 8.75 Å². The predicted octanol–water partition coefficient (Wildman–Crippen LogP) is 1.66. The lowest BCUT2D eigenvalue weighted by molar-refractivity contribution is -0.146. The van der Waals surface area contributed by atoms with Crippen molar-refractivity contribution in [2.75, 3.05) is 18.5 Å². The number of ether oxygens (including phenoxy) is 1. The third-order valence-electron chi connectivity index (χ3n) is 3.06. The van der Waals surface area contributed by atoms with E-state index in [4.69, 9.17) is 4.74 Å². The van der Waals surface area contributed by atoms with Crippen LogP contribution in [-0.4, -0.2) is 39.7 Å². The Kier molecular flexibility index (Phi) is 5.31. The summed E-state index contributed by atoms with van der Waals surface area (Å²) in [6.07, 6.45) is 0. The highest BCUT2D eigenvalue weighted by Crippen LogP contribution is 2.20. The molecule has 0 aliphatic rings. The standard InChI is InChI=1S/C15H12N4O4S2/c20-12(17-9-3-1-4-10-14(9)19-25-18-10)8-23-13(21)7-16-15(22)11-5-2-6-24-11/h1-6H,7-8H2,(H,16,22)(H,17,20). The number of fused-ring (bicyclic) bond motifs is 1. The lowest BCUT2D eigenvalue weighted by Crippen LogP contribution is -2.31. The first-order valence-electron chi connectivity index (χ1n) is 7.12. The van der Waals surface area contributed by atoms with Crippen LogP contribution in [0.5, 0.6) is 0 Å². The number of carbonyl (C=O) groups excluding carboxylic acids is 3. The molecular formula is C15H12N4O4S2. The SMILES string of the molecule is O=C(COC(=O)CNC(=O)c1cccs1)Nc1cccc2nsnc12. The molecule has 3 aromatic rings. The van der Waals surface area contributed by atoms with Gasteiger partial charge >= 0.3 is 5.97 Å². The Morgan fingerprint density at radius 3 is 2.80 bits per heavy atom. The first-order valence-corrected chi connectivity index (χ1v) is 8.73. The van der Waals surface area contributed by atoms with Crippen LogP contribution >= 0.6 is 23.1 Å². The van der Waals surface area contributed by atoms with Crippen LogP contribution in [0.4, 0.5) is 5.69 Å². The number of hydrogen-bond acceptors (Lipinski definition) is 8. The summed E-state index contributed by atoms with van der Waals surface area (Å²) in [6, 6.07) is 8.59. The number of nitrogens with one attached hydrogen (secondary N) is 2. The van der Waals surface area contributed by atoms with Crippen molar-refractivity contribution in [2.45, 2.75) is 0 Å². The number of aromatic nitrogens is 2. The first-order chi connectivity index (χ1) is 12.1. The van der Waals surface area contributed by atoms with Gasteiger partial charge in [-0.3, -0.25) is 14.4 Å². The van der Waals surface area contributed by atoms with E-state index in [1.165, 1.54) is 11.3 Å². The van der Waals surface area contributed by atoms with Gasteiger partial charge in [0.05, 0.1) is 22.3 Å². The van der Waals surface area contributed by atoms with Crippen LogP contribution in [-0.2, 0) is 14.3 Å². The van der Waals surface area contributed by atoms with Gasteiger partial charge in [0, 0.05) is 0 Å². The normalized spacial score (nSPS) is 10.4. The van der Waals surface area contributed by atoms with Gasteiger partial charge in [0.25, 0.3) is 11.8 Å². The van der Waals surface area contributed by atoms with Gasteiger partial charge < -0.3 is 15.4 Å².